The van der Waals surface area contributed by atoms with Gasteiger partial charge in [0.2, 0.25) is 0 Å². The Balaban J connectivity index is 1.53. The van der Waals surface area contributed by atoms with E-state index in [9.17, 15) is 0 Å². The Hall–Kier alpha value is -0.0800. The summed E-state index contributed by atoms with van der Waals surface area (Å²) >= 11 is 0. The van der Waals surface area contributed by atoms with Crippen LogP contribution in [0.5, 0.6) is 0 Å². The molecule has 0 aromatic heterocycles. The number of fused-ring (bicyclic) bond motifs is 1. The number of nitrogens with zero attached hydrogens (tertiary/aromatic N) is 1. The lowest BCUT2D eigenvalue weighted by molar-refractivity contribution is 0.139. The maximum Gasteiger partial charge on any atom is 0.00981 e. The number of hydrogen-bond donors (Lipinski definition) is 1. The molecule has 0 bridgehead atoms. The molecule has 2 heteroatoms. The summed E-state index contributed by atoms with van der Waals surface area (Å²) in [5.74, 6) is 3.84. The van der Waals surface area contributed by atoms with E-state index in [2.05, 4.69) is 24.1 Å². The monoisotopic (exact) mass is 250 g/mol. The van der Waals surface area contributed by atoms with E-state index in [0.29, 0.717) is 0 Å². The summed E-state index contributed by atoms with van der Waals surface area (Å²) in [5.41, 5.74) is 0. The van der Waals surface area contributed by atoms with Crippen LogP contribution in [-0.2, 0) is 0 Å². The van der Waals surface area contributed by atoms with Crippen molar-refractivity contribution < 1.29 is 0 Å². The van der Waals surface area contributed by atoms with Gasteiger partial charge in [0, 0.05) is 19.1 Å². The lowest BCUT2D eigenvalue weighted by Crippen LogP contribution is -2.39. The van der Waals surface area contributed by atoms with Crippen LogP contribution in [0.3, 0.4) is 0 Å². The van der Waals surface area contributed by atoms with E-state index < -0.39 is 0 Å². The molecule has 3 rings (SSSR count). The molecular weight excluding hydrogens is 220 g/mol. The molecule has 0 aromatic rings. The highest BCUT2D eigenvalue weighted by Gasteiger charge is 2.39. The summed E-state index contributed by atoms with van der Waals surface area (Å²) in [6, 6.07) is 0.924. The molecule has 0 aromatic carbocycles. The van der Waals surface area contributed by atoms with Crippen molar-refractivity contribution >= 4 is 0 Å². The fraction of sp³-hybridized carbons (Fsp3) is 1.00. The van der Waals surface area contributed by atoms with Crippen molar-refractivity contribution in [2.75, 3.05) is 26.2 Å². The minimum atomic E-state index is 0.885. The second-order valence-electron chi connectivity index (χ2n) is 7.45. The van der Waals surface area contributed by atoms with E-state index in [1.54, 1.807) is 0 Å². The van der Waals surface area contributed by atoms with Gasteiger partial charge in [-0.1, -0.05) is 26.7 Å². The fourth-order valence-corrected chi connectivity index (χ4v) is 4.66. The van der Waals surface area contributed by atoms with Gasteiger partial charge in [0.15, 0.2) is 0 Å². The van der Waals surface area contributed by atoms with Crippen LogP contribution in [0.1, 0.15) is 46.0 Å². The minimum Gasteiger partial charge on any atom is -0.316 e. The van der Waals surface area contributed by atoms with E-state index in [4.69, 9.17) is 0 Å². The first-order valence-electron chi connectivity index (χ1n) is 8.17. The first-order valence-corrected chi connectivity index (χ1v) is 8.17. The molecule has 3 aliphatic rings. The second-order valence-corrected chi connectivity index (χ2v) is 7.45. The molecule has 0 amide bonds. The maximum absolute atomic E-state index is 3.56. The van der Waals surface area contributed by atoms with Crippen molar-refractivity contribution in [3.05, 3.63) is 0 Å². The van der Waals surface area contributed by atoms with Crippen molar-refractivity contribution in [3.8, 4) is 0 Å². The second kappa shape index (κ2) is 5.50. The Bertz CT molecular complexity index is 264. The van der Waals surface area contributed by atoms with E-state index in [-0.39, 0.29) is 0 Å². The van der Waals surface area contributed by atoms with Gasteiger partial charge >= 0.3 is 0 Å². The minimum absolute atomic E-state index is 0.885. The molecule has 1 saturated carbocycles. The molecule has 0 spiro atoms. The number of likely N-dealkylation sites (tertiary alicyclic amines) is 1. The van der Waals surface area contributed by atoms with Crippen LogP contribution in [0.25, 0.3) is 0 Å². The van der Waals surface area contributed by atoms with Gasteiger partial charge in [-0.2, -0.15) is 0 Å². The van der Waals surface area contributed by atoms with Crippen molar-refractivity contribution in [3.63, 3.8) is 0 Å². The van der Waals surface area contributed by atoms with Crippen LogP contribution < -0.4 is 5.32 Å². The summed E-state index contributed by atoms with van der Waals surface area (Å²) in [6.45, 7) is 10.1. The van der Waals surface area contributed by atoms with Gasteiger partial charge in [0.25, 0.3) is 0 Å². The van der Waals surface area contributed by atoms with Crippen LogP contribution in [0.2, 0.25) is 0 Å². The highest BCUT2D eigenvalue weighted by atomic mass is 15.2. The average Bonchev–Trinajstić information content (AvgIpc) is 2.88. The Morgan fingerprint density at radius 1 is 1.11 bits per heavy atom. The van der Waals surface area contributed by atoms with E-state index >= 15 is 0 Å². The molecule has 2 saturated heterocycles. The Kier molecular flexibility index (Phi) is 3.95. The van der Waals surface area contributed by atoms with Crippen molar-refractivity contribution in [2.24, 2.45) is 23.7 Å². The normalized spacial score (nSPS) is 41.5. The molecule has 4 unspecified atom stereocenters. The molecule has 0 radical (unpaired) electrons. The maximum atomic E-state index is 3.56. The largest absolute Gasteiger partial charge is 0.316 e. The fourth-order valence-electron chi connectivity index (χ4n) is 4.66. The number of nitrogens with one attached hydrogen (secondary N) is 1. The van der Waals surface area contributed by atoms with Crippen molar-refractivity contribution in [1.82, 2.24) is 10.2 Å². The van der Waals surface area contributed by atoms with Crippen LogP contribution in [0, 0.1) is 23.7 Å². The Morgan fingerprint density at radius 2 is 1.83 bits per heavy atom. The van der Waals surface area contributed by atoms with Gasteiger partial charge in [-0.25, -0.2) is 0 Å². The molecule has 1 N–H and O–H groups in total. The van der Waals surface area contributed by atoms with Gasteiger partial charge < -0.3 is 5.32 Å². The first-order chi connectivity index (χ1) is 8.72. The van der Waals surface area contributed by atoms with Crippen LogP contribution in [-0.4, -0.2) is 37.1 Å². The van der Waals surface area contributed by atoms with Gasteiger partial charge in [0.1, 0.15) is 0 Å². The molecule has 2 heterocycles. The summed E-state index contributed by atoms with van der Waals surface area (Å²) in [4.78, 5) is 2.85. The Morgan fingerprint density at radius 3 is 2.50 bits per heavy atom. The summed E-state index contributed by atoms with van der Waals surface area (Å²) in [5, 5.41) is 3.56. The summed E-state index contributed by atoms with van der Waals surface area (Å²) in [6.07, 6.45) is 7.40. The van der Waals surface area contributed by atoms with Crippen LogP contribution in [0.15, 0.2) is 0 Å². The van der Waals surface area contributed by atoms with Gasteiger partial charge in [-0.3, -0.25) is 4.90 Å². The van der Waals surface area contributed by atoms with Crippen molar-refractivity contribution in [2.45, 2.75) is 52.0 Å². The molecule has 104 valence electrons. The lowest BCUT2D eigenvalue weighted by Gasteiger charge is -2.36. The third kappa shape index (κ3) is 2.75. The topological polar surface area (TPSA) is 15.3 Å². The first kappa shape index (κ1) is 12.9. The quantitative estimate of drug-likeness (QED) is 0.828. The SMILES string of the molecule is CC(C)CC1CCCC(N2CC3CNCC3C2)C1. The predicted molar refractivity (Wildman–Crippen MR) is 76.6 cm³/mol. The van der Waals surface area contributed by atoms with E-state index in [1.165, 1.54) is 58.3 Å². The number of hydrogen-bond acceptors (Lipinski definition) is 2. The smallest absolute Gasteiger partial charge is 0.00981 e. The van der Waals surface area contributed by atoms with Crippen molar-refractivity contribution in [1.29, 1.82) is 0 Å². The van der Waals surface area contributed by atoms with Gasteiger partial charge in [-0.05, 0) is 56.0 Å². The number of rotatable bonds is 3. The van der Waals surface area contributed by atoms with Gasteiger partial charge in [-0.15, -0.1) is 0 Å². The Labute approximate surface area is 113 Å². The molecule has 1 aliphatic carbocycles. The summed E-state index contributed by atoms with van der Waals surface area (Å²) < 4.78 is 0. The molecule has 18 heavy (non-hydrogen) atoms. The molecule has 4 atom stereocenters. The van der Waals surface area contributed by atoms with E-state index in [0.717, 1.165) is 29.7 Å². The molecule has 2 nitrogen and oxygen atoms in total. The molecular formula is C16H30N2. The third-order valence-electron chi connectivity index (χ3n) is 5.49. The average molecular weight is 250 g/mol. The molecule has 2 aliphatic heterocycles. The zero-order valence-electron chi connectivity index (χ0n) is 12.2. The summed E-state index contributed by atoms with van der Waals surface area (Å²) in [7, 11) is 0. The predicted octanol–water partition coefficient (Wildman–Crippen LogP) is 2.74. The van der Waals surface area contributed by atoms with Crippen LogP contribution >= 0.6 is 0 Å². The van der Waals surface area contributed by atoms with E-state index in [1.807, 2.05) is 0 Å². The molecule has 3 fully saturated rings. The van der Waals surface area contributed by atoms with Crippen LogP contribution in [0.4, 0.5) is 0 Å². The standard InChI is InChI=1S/C16H30N2/c1-12(2)6-13-4-3-5-16(7-13)18-10-14-8-17-9-15(14)11-18/h12-17H,3-11H2,1-2H3. The zero-order chi connectivity index (χ0) is 12.5. The highest BCUT2D eigenvalue weighted by Crippen LogP contribution is 2.36. The lowest BCUT2D eigenvalue weighted by atomic mass is 9.80. The zero-order valence-corrected chi connectivity index (χ0v) is 12.2. The van der Waals surface area contributed by atoms with Gasteiger partial charge in [0.05, 0.1) is 0 Å². The highest BCUT2D eigenvalue weighted by molar-refractivity contribution is 4.94. The third-order valence-corrected chi connectivity index (χ3v) is 5.49.